The molecule has 1 aliphatic rings. The van der Waals surface area contributed by atoms with E-state index in [0.29, 0.717) is 0 Å². The van der Waals surface area contributed by atoms with E-state index in [2.05, 4.69) is 36.5 Å². The molecule has 0 radical (unpaired) electrons. The first kappa shape index (κ1) is 9.84. The summed E-state index contributed by atoms with van der Waals surface area (Å²) < 4.78 is 0. The van der Waals surface area contributed by atoms with Gasteiger partial charge in [-0.25, -0.2) is 0 Å². The number of nitrogen functional groups attached to an aromatic ring is 1. The average molecular weight is 200 g/mol. The molecular weight excluding hydrogens is 184 g/mol. The Morgan fingerprint density at radius 3 is 2.87 bits per heavy atom. The van der Waals surface area contributed by atoms with Crippen LogP contribution in [-0.2, 0) is 0 Å². The number of anilines is 2. The van der Waals surface area contributed by atoms with Gasteiger partial charge in [-0.2, -0.15) is 0 Å². The van der Waals surface area contributed by atoms with E-state index in [9.17, 15) is 0 Å². The van der Waals surface area contributed by atoms with Gasteiger partial charge in [-0.15, -0.1) is 0 Å². The molecule has 1 aromatic rings. The normalized spacial score (nSPS) is 14.9. The van der Waals surface area contributed by atoms with Crippen LogP contribution in [0.1, 0.15) is 18.4 Å². The molecule has 3 N–H and O–H groups in total. The highest BCUT2D eigenvalue weighted by molar-refractivity contribution is 5.69. The highest BCUT2D eigenvalue weighted by Gasteiger charge is 2.01. The van der Waals surface area contributed by atoms with Crippen molar-refractivity contribution in [3.8, 4) is 0 Å². The molecule has 0 saturated carbocycles. The number of allylic oxidation sites excluding steroid dienone is 3. The summed E-state index contributed by atoms with van der Waals surface area (Å²) in [4.78, 5) is 0. The summed E-state index contributed by atoms with van der Waals surface area (Å²) in [5.41, 5.74) is 10.0. The van der Waals surface area contributed by atoms with Crippen molar-refractivity contribution in [2.75, 3.05) is 11.1 Å². The second kappa shape index (κ2) is 4.22. The summed E-state index contributed by atoms with van der Waals surface area (Å²) in [5, 5.41) is 3.34. The average Bonchev–Trinajstić information content (AvgIpc) is 2.25. The zero-order chi connectivity index (χ0) is 10.7. The van der Waals surface area contributed by atoms with E-state index in [-0.39, 0.29) is 0 Å². The largest absolute Gasteiger partial charge is 0.397 e. The fourth-order valence-electron chi connectivity index (χ4n) is 1.64. The third kappa shape index (κ3) is 2.40. The molecule has 0 atom stereocenters. The molecule has 78 valence electrons. The van der Waals surface area contributed by atoms with Crippen molar-refractivity contribution in [3.05, 3.63) is 47.7 Å². The van der Waals surface area contributed by atoms with Gasteiger partial charge in [0.2, 0.25) is 0 Å². The van der Waals surface area contributed by atoms with E-state index in [1.54, 1.807) is 0 Å². The van der Waals surface area contributed by atoms with Gasteiger partial charge in [-0.3, -0.25) is 0 Å². The van der Waals surface area contributed by atoms with Gasteiger partial charge in [0.1, 0.15) is 0 Å². The summed E-state index contributed by atoms with van der Waals surface area (Å²) in [5.74, 6) is 0. The Morgan fingerprint density at radius 2 is 2.13 bits per heavy atom. The molecule has 0 heterocycles. The van der Waals surface area contributed by atoms with Crippen molar-refractivity contribution in [2.24, 2.45) is 0 Å². The van der Waals surface area contributed by atoms with Crippen molar-refractivity contribution in [1.29, 1.82) is 0 Å². The molecule has 1 aromatic carbocycles. The Labute approximate surface area is 90.5 Å². The van der Waals surface area contributed by atoms with Crippen LogP contribution in [-0.4, -0.2) is 0 Å². The van der Waals surface area contributed by atoms with Gasteiger partial charge in [-0.1, -0.05) is 18.2 Å². The minimum absolute atomic E-state index is 0.792. The van der Waals surface area contributed by atoms with E-state index < -0.39 is 0 Å². The van der Waals surface area contributed by atoms with E-state index in [4.69, 9.17) is 5.73 Å². The first-order chi connectivity index (χ1) is 7.25. The predicted molar refractivity (Wildman–Crippen MR) is 65.7 cm³/mol. The molecule has 0 unspecified atom stereocenters. The lowest BCUT2D eigenvalue weighted by molar-refractivity contribution is 1.02. The predicted octanol–water partition coefficient (Wildman–Crippen LogP) is 3.22. The molecule has 1 aliphatic carbocycles. The van der Waals surface area contributed by atoms with Gasteiger partial charge < -0.3 is 11.1 Å². The van der Waals surface area contributed by atoms with Gasteiger partial charge in [0, 0.05) is 5.70 Å². The molecule has 15 heavy (non-hydrogen) atoms. The molecule has 2 heteroatoms. The minimum Gasteiger partial charge on any atom is -0.397 e. The lowest BCUT2D eigenvalue weighted by atomic mass is 10.1. The third-order valence-corrected chi connectivity index (χ3v) is 2.48. The standard InChI is InChI=1S/C13H16N2/c1-10-7-8-12(14)13(9-10)15-11-5-3-2-4-6-11/h3,5-9,15H,2,4,14H2,1H3. The second-order valence-electron chi connectivity index (χ2n) is 3.85. The van der Waals surface area contributed by atoms with Gasteiger partial charge in [0.05, 0.1) is 11.4 Å². The Kier molecular flexibility index (Phi) is 2.77. The van der Waals surface area contributed by atoms with Crippen molar-refractivity contribution in [2.45, 2.75) is 19.8 Å². The highest BCUT2D eigenvalue weighted by Crippen LogP contribution is 2.22. The smallest absolute Gasteiger partial charge is 0.0620 e. The molecule has 0 fully saturated rings. The highest BCUT2D eigenvalue weighted by atomic mass is 14.9. The van der Waals surface area contributed by atoms with Gasteiger partial charge >= 0.3 is 0 Å². The second-order valence-corrected chi connectivity index (χ2v) is 3.85. The Balaban J connectivity index is 2.20. The fraction of sp³-hybridized carbons (Fsp3) is 0.231. The number of nitrogens with one attached hydrogen (secondary N) is 1. The van der Waals surface area contributed by atoms with Crippen molar-refractivity contribution in [3.63, 3.8) is 0 Å². The zero-order valence-corrected chi connectivity index (χ0v) is 8.96. The van der Waals surface area contributed by atoms with Crippen LogP contribution >= 0.6 is 0 Å². The van der Waals surface area contributed by atoms with E-state index >= 15 is 0 Å². The number of benzene rings is 1. The first-order valence-corrected chi connectivity index (χ1v) is 5.25. The van der Waals surface area contributed by atoms with E-state index in [1.807, 2.05) is 12.1 Å². The number of rotatable bonds is 2. The van der Waals surface area contributed by atoms with Crippen LogP contribution in [0.2, 0.25) is 0 Å². The zero-order valence-electron chi connectivity index (χ0n) is 8.96. The number of aryl methyl sites for hydroxylation is 1. The maximum atomic E-state index is 5.89. The van der Waals surface area contributed by atoms with Crippen LogP contribution in [0, 0.1) is 6.92 Å². The Hall–Kier alpha value is -1.70. The summed E-state index contributed by atoms with van der Waals surface area (Å²) in [6.07, 6.45) is 8.71. The summed E-state index contributed by atoms with van der Waals surface area (Å²) in [7, 11) is 0. The first-order valence-electron chi connectivity index (χ1n) is 5.25. The van der Waals surface area contributed by atoms with E-state index in [1.165, 1.54) is 5.56 Å². The Morgan fingerprint density at radius 1 is 1.27 bits per heavy atom. The molecule has 0 aromatic heterocycles. The SMILES string of the molecule is Cc1ccc(N)c(NC2=CCCC=C2)c1. The molecule has 0 aliphatic heterocycles. The van der Waals surface area contributed by atoms with Crippen molar-refractivity contribution < 1.29 is 0 Å². The Bertz CT molecular complexity index is 417. The monoisotopic (exact) mass is 200 g/mol. The van der Waals surface area contributed by atoms with Crippen molar-refractivity contribution >= 4 is 11.4 Å². The van der Waals surface area contributed by atoms with Crippen LogP contribution < -0.4 is 11.1 Å². The summed E-state index contributed by atoms with van der Waals surface area (Å²) in [6.45, 7) is 2.07. The summed E-state index contributed by atoms with van der Waals surface area (Å²) in [6, 6.07) is 6.02. The number of hydrogen-bond donors (Lipinski definition) is 2. The molecule has 0 spiro atoms. The molecular formula is C13H16N2. The maximum absolute atomic E-state index is 5.89. The lowest BCUT2D eigenvalue weighted by Crippen LogP contribution is -2.02. The van der Waals surface area contributed by atoms with Crippen LogP contribution in [0.4, 0.5) is 11.4 Å². The van der Waals surface area contributed by atoms with Gasteiger partial charge in [0.15, 0.2) is 0 Å². The summed E-state index contributed by atoms with van der Waals surface area (Å²) >= 11 is 0. The number of nitrogens with two attached hydrogens (primary N) is 1. The quantitative estimate of drug-likeness (QED) is 0.719. The maximum Gasteiger partial charge on any atom is 0.0620 e. The fourth-order valence-corrected chi connectivity index (χ4v) is 1.64. The number of hydrogen-bond acceptors (Lipinski definition) is 2. The molecule has 2 nitrogen and oxygen atoms in total. The lowest BCUT2D eigenvalue weighted by Gasteiger charge is -2.13. The van der Waals surface area contributed by atoms with Crippen LogP contribution in [0.25, 0.3) is 0 Å². The minimum atomic E-state index is 0.792. The molecule has 0 bridgehead atoms. The van der Waals surface area contributed by atoms with Crippen LogP contribution in [0.5, 0.6) is 0 Å². The third-order valence-electron chi connectivity index (χ3n) is 2.48. The molecule has 2 rings (SSSR count). The van der Waals surface area contributed by atoms with Gasteiger partial charge in [0.25, 0.3) is 0 Å². The molecule has 0 amide bonds. The van der Waals surface area contributed by atoms with E-state index in [0.717, 1.165) is 29.9 Å². The van der Waals surface area contributed by atoms with Gasteiger partial charge in [-0.05, 0) is 43.5 Å². The topological polar surface area (TPSA) is 38.0 Å². The van der Waals surface area contributed by atoms with Crippen LogP contribution in [0.15, 0.2) is 42.1 Å². The van der Waals surface area contributed by atoms with Crippen LogP contribution in [0.3, 0.4) is 0 Å². The molecule has 0 saturated heterocycles. The van der Waals surface area contributed by atoms with Crippen molar-refractivity contribution in [1.82, 2.24) is 0 Å².